The molecule has 0 saturated carbocycles. The topological polar surface area (TPSA) is 48.4 Å². The second kappa shape index (κ2) is 3.41. The van der Waals surface area contributed by atoms with Crippen molar-refractivity contribution < 1.29 is 4.74 Å². The van der Waals surface area contributed by atoms with E-state index in [1.165, 1.54) is 0 Å². The third-order valence-corrected chi connectivity index (χ3v) is 1.52. The molecule has 1 heterocycles. The van der Waals surface area contributed by atoms with Gasteiger partial charge in [0.1, 0.15) is 6.61 Å². The highest BCUT2D eigenvalue weighted by Gasteiger charge is 2.16. The van der Waals surface area contributed by atoms with E-state index >= 15 is 0 Å². The monoisotopic (exact) mass is 143 g/mol. The highest BCUT2D eigenvalue weighted by Crippen LogP contribution is 1.99. The Balaban J connectivity index is 2.20. The van der Waals surface area contributed by atoms with Gasteiger partial charge < -0.3 is 15.0 Å². The van der Waals surface area contributed by atoms with E-state index in [9.17, 15) is 0 Å². The van der Waals surface area contributed by atoms with Gasteiger partial charge in [-0.05, 0) is 7.05 Å². The first-order chi connectivity index (χ1) is 4.84. The predicted molar refractivity (Wildman–Crippen MR) is 39.2 cm³/mol. The Kier molecular flexibility index (Phi) is 2.50. The SMILES string of the molecule is CNCCN1CCOC1=N. The van der Waals surface area contributed by atoms with Gasteiger partial charge >= 0.3 is 0 Å². The lowest BCUT2D eigenvalue weighted by Gasteiger charge is -2.13. The van der Waals surface area contributed by atoms with Gasteiger partial charge in [-0.15, -0.1) is 0 Å². The molecule has 0 aromatic carbocycles. The highest BCUT2D eigenvalue weighted by atomic mass is 16.5. The summed E-state index contributed by atoms with van der Waals surface area (Å²) in [6, 6.07) is 0.315. The van der Waals surface area contributed by atoms with E-state index in [2.05, 4.69) is 5.32 Å². The van der Waals surface area contributed by atoms with Crippen LogP contribution in [0.25, 0.3) is 0 Å². The van der Waals surface area contributed by atoms with Gasteiger partial charge in [0.25, 0.3) is 6.02 Å². The maximum Gasteiger partial charge on any atom is 0.284 e. The van der Waals surface area contributed by atoms with Crippen LogP contribution < -0.4 is 5.32 Å². The van der Waals surface area contributed by atoms with Crippen molar-refractivity contribution in [2.75, 3.05) is 33.3 Å². The summed E-state index contributed by atoms with van der Waals surface area (Å²) >= 11 is 0. The quantitative estimate of drug-likeness (QED) is 0.558. The molecular formula is C6H13N3O. The van der Waals surface area contributed by atoms with Crippen molar-refractivity contribution in [2.24, 2.45) is 0 Å². The van der Waals surface area contributed by atoms with Crippen LogP contribution in [0.3, 0.4) is 0 Å². The molecule has 1 aliphatic rings. The molecule has 0 unspecified atom stereocenters. The summed E-state index contributed by atoms with van der Waals surface area (Å²) in [6.45, 7) is 3.31. The molecule has 0 aliphatic carbocycles. The fraction of sp³-hybridized carbons (Fsp3) is 0.833. The molecule has 0 bridgehead atoms. The number of nitrogens with zero attached hydrogens (tertiary/aromatic N) is 1. The van der Waals surface area contributed by atoms with E-state index in [-0.39, 0.29) is 0 Å². The molecule has 10 heavy (non-hydrogen) atoms. The van der Waals surface area contributed by atoms with Gasteiger partial charge in [0.15, 0.2) is 0 Å². The van der Waals surface area contributed by atoms with Gasteiger partial charge in [0.2, 0.25) is 0 Å². The summed E-state index contributed by atoms with van der Waals surface area (Å²) in [6.07, 6.45) is 0. The van der Waals surface area contributed by atoms with Crippen LogP contribution in [0.4, 0.5) is 0 Å². The van der Waals surface area contributed by atoms with Gasteiger partial charge in [-0.3, -0.25) is 5.41 Å². The Labute approximate surface area is 60.7 Å². The highest BCUT2D eigenvalue weighted by molar-refractivity contribution is 5.71. The molecule has 4 nitrogen and oxygen atoms in total. The molecule has 1 fully saturated rings. The minimum absolute atomic E-state index is 0.315. The number of hydrogen-bond donors (Lipinski definition) is 2. The van der Waals surface area contributed by atoms with Crippen molar-refractivity contribution >= 4 is 6.02 Å². The van der Waals surface area contributed by atoms with Crippen LogP contribution >= 0.6 is 0 Å². The Morgan fingerprint density at radius 1 is 1.80 bits per heavy atom. The lowest BCUT2D eigenvalue weighted by atomic mass is 10.5. The zero-order valence-corrected chi connectivity index (χ0v) is 6.18. The van der Waals surface area contributed by atoms with Crippen LogP contribution in [0.1, 0.15) is 0 Å². The molecule has 0 aromatic heterocycles. The summed E-state index contributed by atoms with van der Waals surface area (Å²) in [5.74, 6) is 0. The first-order valence-corrected chi connectivity index (χ1v) is 3.45. The number of nitrogens with one attached hydrogen (secondary N) is 2. The van der Waals surface area contributed by atoms with Crippen LogP contribution in [0, 0.1) is 5.41 Å². The number of rotatable bonds is 3. The average Bonchev–Trinajstić information content (AvgIpc) is 2.31. The van der Waals surface area contributed by atoms with E-state index in [1.807, 2.05) is 11.9 Å². The first-order valence-electron chi connectivity index (χ1n) is 3.45. The van der Waals surface area contributed by atoms with Crippen LogP contribution in [-0.4, -0.2) is 44.2 Å². The zero-order chi connectivity index (χ0) is 7.40. The zero-order valence-electron chi connectivity index (χ0n) is 6.18. The molecule has 0 spiro atoms. The first kappa shape index (κ1) is 7.34. The van der Waals surface area contributed by atoms with Crippen LogP contribution in [0.2, 0.25) is 0 Å². The summed E-state index contributed by atoms with van der Waals surface area (Å²) < 4.78 is 4.94. The van der Waals surface area contributed by atoms with Crippen molar-refractivity contribution in [1.82, 2.24) is 10.2 Å². The maximum absolute atomic E-state index is 7.26. The minimum Gasteiger partial charge on any atom is -0.463 e. The lowest BCUT2D eigenvalue weighted by Crippen LogP contribution is -2.31. The molecule has 2 N–H and O–H groups in total. The van der Waals surface area contributed by atoms with E-state index < -0.39 is 0 Å². The van der Waals surface area contributed by atoms with Gasteiger partial charge in [-0.1, -0.05) is 0 Å². The van der Waals surface area contributed by atoms with Crippen molar-refractivity contribution in [2.45, 2.75) is 0 Å². The van der Waals surface area contributed by atoms with Crippen LogP contribution in [-0.2, 0) is 4.74 Å². The van der Waals surface area contributed by atoms with Crippen molar-refractivity contribution in [3.05, 3.63) is 0 Å². The smallest absolute Gasteiger partial charge is 0.284 e. The molecule has 0 amide bonds. The number of hydrogen-bond acceptors (Lipinski definition) is 3. The lowest BCUT2D eigenvalue weighted by molar-refractivity contribution is 0.348. The van der Waals surface area contributed by atoms with E-state index in [4.69, 9.17) is 10.1 Å². The van der Waals surface area contributed by atoms with E-state index in [1.54, 1.807) is 0 Å². The van der Waals surface area contributed by atoms with E-state index in [0.29, 0.717) is 12.6 Å². The fourth-order valence-electron chi connectivity index (χ4n) is 0.905. The Morgan fingerprint density at radius 3 is 3.10 bits per heavy atom. The normalized spacial score (nSPS) is 17.7. The summed E-state index contributed by atoms with van der Waals surface area (Å²) in [4.78, 5) is 1.91. The predicted octanol–water partition coefficient (Wildman–Crippen LogP) is -0.527. The number of amidine groups is 1. The molecule has 4 heteroatoms. The molecule has 0 aromatic rings. The molecular weight excluding hydrogens is 130 g/mol. The number of ether oxygens (including phenoxy) is 1. The third-order valence-electron chi connectivity index (χ3n) is 1.52. The van der Waals surface area contributed by atoms with Crippen molar-refractivity contribution in [3.63, 3.8) is 0 Å². The Morgan fingerprint density at radius 2 is 2.60 bits per heavy atom. The molecule has 0 radical (unpaired) electrons. The standard InChI is InChI=1S/C6H13N3O/c1-8-2-3-9-4-5-10-6(9)7/h7-8H,2-5H2,1H3. The summed E-state index contributed by atoms with van der Waals surface area (Å²) in [7, 11) is 1.90. The second-order valence-corrected chi connectivity index (χ2v) is 2.24. The summed E-state index contributed by atoms with van der Waals surface area (Å²) in [5, 5.41) is 10.3. The van der Waals surface area contributed by atoms with Gasteiger partial charge in [-0.25, -0.2) is 0 Å². The third kappa shape index (κ3) is 1.60. The Hall–Kier alpha value is -0.770. The van der Waals surface area contributed by atoms with Crippen LogP contribution in [0.15, 0.2) is 0 Å². The molecule has 1 aliphatic heterocycles. The molecule has 1 saturated heterocycles. The molecule has 58 valence electrons. The minimum atomic E-state index is 0.315. The average molecular weight is 143 g/mol. The second-order valence-electron chi connectivity index (χ2n) is 2.24. The van der Waals surface area contributed by atoms with Crippen molar-refractivity contribution in [3.8, 4) is 0 Å². The van der Waals surface area contributed by atoms with Gasteiger partial charge in [0, 0.05) is 13.1 Å². The van der Waals surface area contributed by atoms with Crippen molar-refractivity contribution in [1.29, 1.82) is 5.41 Å². The Bertz CT molecular complexity index is 126. The van der Waals surface area contributed by atoms with E-state index in [0.717, 1.165) is 19.6 Å². The summed E-state index contributed by atoms with van der Waals surface area (Å²) in [5.41, 5.74) is 0. The fourth-order valence-corrected chi connectivity index (χ4v) is 0.905. The van der Waals surface area contributed by atoms with Crippen LogP contribution in [0.5, 0.6) is 0 Å². The maximum atomic E-state index is 7.26. The molecule has 1 rings (SSSR count). The van der Waals surface area contributed by atoms with Gasteiger partial charge in [-0.2, -0.15) is 0 Å². The number of likely N-dealkylation sites (N-methyl/N-ethyl adjacent to an activating group) is 1. The van der Waals surface area contributed by atoms with Gasteiger partial charge in [0.05, 0.1) is 6.54 Å². The largest absolute Gasteiger partial charge is 0.463 e. The molecule has 0 atom stereocenters.